The zero-order valence-electron chi connectivity index (χ0n) is 11.4. The van der Waals surface area contributed by atoms with Crippen LogP contribution >= 0.6 is 0 Å². The van der Waals surface area contributed by atoms with Crippen molar-refractivity contribution in [3.8, 4) is 0 Å². The molecule has 3 fully saturated rings. The van der Waals surface area contributed by atoms with E-state index in [2.05, 4.69) is 0 Å². The number of carbonyl (C=O) groups is 2. The van der Waals surface area contributed by atoms with Crippen LogP contribution in [0, 0.1) is 17.8 Å². The number of carboxylic acid groups (broad SMARTS) is 1. The van der Waals surface area contributed by atoms with Crippen molar-refractivity contribution >= 4 is 12.0 Å². The smallest absolute Gasteiger partial charge is 0.326 e. The number of carbonyl (C=O) groups excluding carboxylic acids is 1. The normalized spacial score (nSPS) is 37.7. The quantitative estimate of drug-likeness (QED) is 0.784. The molecule has 1 saturated carbocycles. The average Bonchev–Trinajstić information content (AvgIpc) is 2.99. The lowest BCUT2D eigenvalue weighted by Gasteiger charge is -2.29. The number of carboxylic acids is 1. The summed E-state index contributed by atoms with van der Waals surface area (Å²) in [5, 5.41) is 9.29. The van der Waals surface area contributed by atoms with Gasteiger partial charge in [0.15, 0.2) is 0 Å². The molecular weight excluding hydrogens is 244 g/mol. The van der Waals surface area contributed by atoms with E-state index in [1.165, 1.54) is 19.3 Å². The number of nitrogens with zero attached hydrogens (tertiary/aromatic N) is 2. The van der Waals surface area contributed by atoms with Crippen LogP contribution in [0.5, 0.6) is 0 Å². The van der Waals surface area contributed by atoms with Gasteiger partial charge in [-0.2, -0.15) is 0 Å². The van der Waals surface area contributed by atoms with Gasteiger partial charge in [-0.05, 0) is 37.0 Å². The van der Waals surface area contributed by atoms with E-state index in [-0.39, 0.29) is 11.9 Å². The molecule has 1 aliphatic carbocycles. The van der Waals surface area contributed by atoms with Gasteiger partial charge in [0.2, 0.25) is 0 Å². The highest BCUT2D eigenvalue weighted by Crippen LogP contribution is 2.38. The highest BCUT2D eigenvalue weighted by molar-refractivity contribution is 5.83. The van der Waals surface area contributed by atoms with Crippen LogP contribution in [0.4, 0.5) is 4.79 Å². The van der Waals surface area contributed by atoms with Crippen LogP contribution in [0.2, 0.25) is 0 Å². The molecule has 19 heavy (non-hydrogen) atoms. The largest absolute Gasteiger partial charge is 0.480 e. The lowest BCUT2D eigenvalue weighted by atomic mass is 10.0. The fourth-order valence-electron chi connectivity index (χ4n) is 4.11. The molecule has 5 heteroatoms. The molecular formula is C14H22N2O3. The van der Waals surface area contributed by atoms with Gasteiger partial charge in [0.1, 0.15) is 6.04 Å². The summed E-state index contributed by atoms with van der Waals surface area (Å²) >= 11 is 0. The number of amides is 2. The van der Waals surface area contributed by atoms with Crippen molar-refractivity contribution in [1.29, 1.82) is 0 Å². The number of fused-ring (bicyclic) bond motifs is 1. The van der Waals surface area contributed by atoms with E-state index in [4.69, 9.17) is 0 Å². The van der Waals surface area contributed by atoms with Gasteiger partial charge in [0.05, 0.1) is 0 Å². The van der Waals surface area contributed by atoms with E-state index in [1.54, 1.807) is 4.90 Å². The molecule has 0 spiro atoms. The summed E-state index contributed by atoms with van der Waals surface area (Å²) in [4.78, 5) is 27.3. The molecule has 2 aliphatic heterocycles. The second kappa shape index (κ2) is 4.69. The third-order valence-corrected chi connectivity index (χ3v) is 5.20. The molecule has 4 unspecified atom stereocenters. The van der Waals surface area contributed by atoms with Crippen molar-refractivity contribution in [2.24, 2.45) is 17.8 Å². The number of hydrogen-bond donors (Lipinski definition) is 1. The van der Waals surface area contributed by atoms with Gasteiger partial charge < -0.3 is 14.9 Å². The Labute approximate surface area is 113 Å². The number of urea groups is 1. The third-order valence-electron chi connectivity index (χ3n) is 5.20. The zero-order chi connectivity index (χ0) is 13.6. The number of hydrogen-bond acceptors (Lipinski definition) is 2. The summed E-state index contributed by atoms with van der Waals surface area (Å²) in [5.74, 6) is 0.515. The minimum absolute atomic E-state index is 0.0499. The Morgan fingerprint density at radius 1 is 1.11 bits per heavy atom. The minimum Gasteiger partial charge on any atom is -0.480 e. The maximum Gasteiger partial charge on any atom is 0.326 e. The molecule has 106 valence electrons. The Morgan fingerprint density at radius 2 is 1.74 bits per heavy atom. The van der Waals surface area contributed by atoms with E-state index in [0.717, 1.165) is 19.5 Å². The molecule has 0 aromatic heterocycles. The van der Waals surface area contributed by atoms with Crippen LogP contribution in [-0.4, -0.2) is 52.6 Å². The fourth-order valence-corrected chi connectivity index (χ4v) is 4.11. The van der Waals surface area contributed by atoms with Gasteiger partial charge in [0.25, 0.3) is 0 Å². The summed E-state index contributed by atoms with van der Waals surface area (Å²) in [6, 6.07) is -0.681. The first kappa shape index (κ1) is 12.8. The van der Waals surface area contributed by atoms with E-state index >= 15 is 0 Å². The lowest BCUT2D eigenvalue weighted by Crippen LogP contribution is -2.48. The zero-order valence-corrected chi connectivity index (χ0v) is 11.4. The number of aliphatic carboxylic acids is 1. The van der Waals surface area contributed by atoms with Crippen molar-refractivity contribution in [1.82, 2.24) is 9.80 Å². The summed E-state index contributed by atoms with van der Waals surface area (Å²) in [6.45, 7) is 4.18. The van der Waals surface area contributed by atoms with E-state index in [1.807, 2.05) is 11.8 Å². The first-order valence-corrected chi connectivity index (χ1v) is 7.36. The Hall–Kier alpha value is -1.26. The Balaban J connectivity index is 1.69. The topological polar surface area (TPSA) is 60.9 Å². The van der Waals surface area contributed by atoms with Gasteiger partial charge >= 0.3 is 12.0 Å². The SMILES string of the molecule is CC1CCN(C(=O)N2CC3CCCC3C2)C1C(=O)O. The van der Waals surface area contributed by atoms with Crippen LogP contribution in [0.3, 0.4) is 0 Å². The molecule has 0 aromatic rings. The molecule has 0 aromatic carbocycles. The number of rotatable bonds is 1. The predicted molar refractivity (Wildman–Crippen MR) is 69.7 cm³/mol. The van der Waals surface area contributed by atoms with Crippen LogP contribution in [-0.2, 0) is 4.79 Å². The molecule has 3 aliphatic rings. The monoisotopic (exact) mass is 266 g/mol. The van der Waals surface area contributed by atoms with E-state index < -0.39 is 12.0 Å². The van der Waals surface area contributed by atoms with Gasteiger partial charge in [-0.1, -0.05) is 13.3 Å². The Morgan fingerprint density at radius 3 is 2.32 bits per heavy atom. The van der Waals surface area contributed by atoms with Crippen molar-refractivity contribution in [2.45, 2.75) is 38.6 Å². The van der Waals surface area contributed by atoms with Crippen molar-refractivity contribution in [2.75, 3.05) is 19.6 Å². The summed E-state index contributed by atoms with van der Waals surface area (Å²) in [6.07, 6.45) is 4.54. The van der Waals surface area contributed by atoms with E-state index in [9.17, 15) is 14.7 Å². The third kappa shape index (κ3) is 2.09. The summed E-state index contributed by atoms with van der Waals surface area (Å²) < 4.78 is 0. The molecule has 2 heterocycles. The van der Waals surface area contributed by atoms with Crippen LogP contribution in [0.15, 0.2) is 0 Å². The maximum atomic E-state index is 12.5. The standard InChI is InChI=1S/C14H22N2O3/c1-9-5-6-16(12(9)13(17)18)14(19)15-7-10-3-2-4-11(10)8-15/h9-12H,2-8H2,1H3,(H,17,18). The fraction of sp³-hybridized carbons (Fsp3) is 0.857. The Bertz CT molecular complexity index is 386. The van der Waals surface area contributed by atoms with Crippen LogP contribution in [0.1, 0.15) is 32.6 Å². The van der Waals surface area contributed by atoms with Crippen molar-refractivity contribution in [3.05, 3.63) is 0 Å². The van der Waals surface area contributed by atoms with Gasteiger partial charge in [-0.15, -0.1) is 0 Å². The summed E-state index contributed by atoms with van der Waals surface area (Å²) in [7, 11) is 0. The molecule has 0 radical (unpaired) electrons. The maximum absolute atomic E-state index is 12.5. The molecule has 3 rings (SSSR count). The predicted octanol–water partition coefficient (Wildman–Crippen LogP) is 1.63. The first-order valence-electron chi connectivity index (χ1n) is 7.36. The molecule has 4 atom stereocenters. The second-order valence-electron chi connectivity index (χ2n) is 6.38. The van der Waals surface area contributed by atoms with Crippen molar-refractivity contribution in [3.63, 3.8) is 0 Å². The van der Waals surface area contributed by atoms with Crippen LogP contribution in [0.25, 0.3) is 0 Å². The second-order valence-corrected chi connectivity index (χ2v) is 6.38. The van der Waals surface area contributed by atoms with E-state index in [0.29, 0.717) is 18.4 Å². The molecule has 0 bridgehead atoms. The summed E-state index contributed by atoms with van der Waals surface area (Å²) in [5.41, 5.74) is 0. The average molecular weight is 266 g/mol. The molecule has 1 N–H and O–H groups in total. The minimum atomic E-state index is -0.863. The van der Waals surface area contributed by atoms with Gasteiger partial charge in [0, 0.05) is 19.6 Å². The highest BCUT2D eigenvalue weighted by Gasteiger charge is 2.44. The number of likely N-dealkylation sites (tertiary alicyclic amines) is 2. The van der Waals surface area contributed by atoms with Crippen molar-refractivity contribution < 1.29 is 14.7 Å². The van der Waals surface area contributed by atoms with Gasteiger partial charge in [-0.3, -0.25) is 0 Å². The van der Waals surface area contributed by atoms with Gasteiger partial charge in [-0.25, -0.2) is 9.59 Å². The van der Waals surface area contributed by atoms with Crippen LogP contribution < -0.4 is 0 Å². The lowest BCUT2D eigenvalue weighted by molar-refractivity contribution is -0.142. The highest BCUT2D eigenvalue weighted by atomic mass is 16.4. The first-order chi connectivity index (χ1) is 9.08. The molecule has 2 amide bonds. The molecule has 2 saturated heterocycles. The molecule has 5 nitrogen and oxygen atoms in total. The Kier molecular flexibility index (Phi) is 3.15.